The summed E-state index contributed by atoms with van der Waals surface area (Å²) in [6, 6.07) is 16.5. The lowest BCUT2D eigenvalue weighted by atomic mass is 9.76. The molecule has 6 heteroatoms. The van der Waals surface area contributed by atoms with E-state index in [9.17, 15) is 9.59 Å². The van der Waals surface area contributed by atoms with E-state index in [-0.39, 0.29) is 12.6 Å². The van der Waals surface area contributed by atoms with E-state index in [0.29, 0.717) is 23.6 Å². The first-order valence-electron chi connectivity index (χ1n) is 11.4. The number of aryl methyl sites for hydroxylation is 1. The van der Waals surface area contributed by atoms with E-state index in [1.54, 1.807) is 11.8 Å². The molecule has 0 fully saturated rings. The topological polar surface area (TPSA) is 65.0 Å². The van der Waals surface area contributed by atoms with Gasteiger partial charge >= 0.3 is 11.9 Å². The minimum absolute atomic E-state index is 0.151. The first-order chi connectivity index (χ1) is 16.0. The van der Waals surface area contributed by atoms with Crippen LogP contribution >= 0.6 is 11.8 Å². The summed E-state index contributed by atoms with van der Waals surface area (Å²) >= 11 is 1.70. The second-order valence-corrected chi connectivity index (χ2v) is 9.50. The van der Waals surface area contributed by atoms with Crippen LogP contribution in [0.3, 0.4) is 0 Å². The zero-order valence-electron chi connectivity index (χ0n) is 19.3. The number of ether oxygens (including phenoxy) is 2. The Balaban J connectivity index is 1.69. The molecule has 2 unspecified atom stereocenters. The average molecular weight is 464 g/mol. The third-order valence-electron chi connectivity index (χ3n) is 6.04. The lowest BCUT2D eigenvalue weighted by Crippen LogP contribution is -2.35. The number of thioether (sulfide) groups is 1. The van der Waals surface area contributed by atoms with Crippen molar-refractivity contribution >= 4 is 29.4 Å². The van der Waals surface area contributed by atoms with E-state index in [1.165, 1.54) is 11.1 Å². The molecule has 0 saturated heterocycles. The molecule has 0 aliphatic carbocycles. The van der Waals surface area contributed by atoms with Gasteiger partial charge in [0.1, 0.15) is 12.5 Å². The predicted octanol–water partition coefficient (Wildman–Crippen LogP) is 5.62. The maximum atomic E-state index is 13.2. The monoisotopic (exact) mass is 463 g/mol. The molecule has 2 aliphatic heterocycles. The zero-order valence-corrected chi connectivity index (χ0v) is 20.1. The van der Waals surface area contributed by atoms with Gasteiger partial charge in [0.15, 0.2) is 0 Å². The van der Waals surface area contributed by atoms with Crippen LogP contribution in [-0.4, -0.2) is 30.9 Å². The summed E-state index contributed by atoms with van der Waals surface area (Å²) in [5.74, 6) is -1.05. The van der Waals surface area contributed by atoms with Gasteiger partial charge < -0.3 is 9.47 Å². The Bertz CT molecular complexity index is 1100. The van der Waals surface area contributed by atoms with Gasteiger partial charge in [-0.05, 0) is 37.5 Å². The molecule has 2 aliphatic rings. The minimum atomic E-state index is -0.646. The Morgan fingerprint density at radius 2 is 1.91 bits per heavy atom. The predicted molar refractivity (Wildman–Crippen MR) is 130 cm³/mol. The van der Waals surface area contributed by atoms with Crippen molar-refractivity contribution in [1.82, 2.24) is 0 Å². The summed E-state index contributed by atoms with van der Waals surface area (Å²) in [5.41, 5.74) is 5.16. The van der Waals surface area contributed by atoms with Gasteiger partial charge in [0.05, 0.1) is 17.9 Å². The van der Waals surface area contributed by atoms with Gasteiger partial charge in [-0.15, -0.1) is 11.8 Å². The Hall–Kier alpha value is -2.86. The van der Waals surface area contributed by atoms with Crippen LogP contribution in [0.5, 0.6) is 0 Å². The van der Waals surface area contributed by atoms with E-state index in [4.69, 9.17) is 9.47 Å². The molecular weight excluding hydrogens is 434 g/mol. The number of unbranched alkanes of at least 4 members (excludes halogenated alkanes) is 1. The number of cyclic esters (lactones) is 1. The third kappa shape index (κ3) is 5.06. The first-order valence-corrected chi connectivity index (χ1v) is 12.4. The van der Waals surface area contributed by atoms with Crippen LogP contribution < -0.4 is 0 Å². The molecule has 0 spiro atoms. The molecule has 0 N–H and O–H groups in total. The first kappa shape index (κ1) is 23.3. The molecule has 4 rings (SSSR count). The molecule has 2 aromatic rings. The minimum Gasteiger partial charge on any atom is -0.465 e. The van der Waals surface area contributed by atoms with Crippen LogP contribution in [-0.2, 0) is 24.8 Å². The number of hydrogen-bond acceptors (Lipinski definition) is 6. The van der Waals surface area contributed by atoms with E-state index >= 15 is 0 Å². The van der Waals surface area contributed by atoms with Crippen molar-refractivity contribution in [3.8, 4) is 0 Å². The Morgan fingerprint density at radius 3 is 2.67 bits per heavy atom. The van der Waals surface area contributed by atoms with E-state index in [2.05, 4.69) is 49.2 Å². The van der Waals surface area contributed by atoms with Crippen LogP contribution in [0.2, 0.25) is 0 Å². The normalized spacial score (nSPS) is 19.7. The van der Waals surface area contributed by atoms with Crippen molar-refractivity contribution < 1.29 is 19.1 Å². The molecule has 0 saturated carbocycles. The van der Waals surface area contributed by atoms with Gasteiger partial charge in [0.2, 0.25) is 0 Å². The fourth-order valence-corrected chi connectivity index (χ4v) is 5.31. The highest BCUT2D eigenvalue weighted by molar-refractivity contribution is 7.98. The summed E-state index contributed by atoms with van der Waals surface area (Å²) in [6.45, 7) is 6.49. The van der Waals surface area contributed by atoms with Gasteiger partial charge in [0, 0.05) is 22.3 Å². The van der Waals surface area contributed by atoms with Crippen molar-refractivity contribution in [2.75, 3.05) is 13.2 Å². The van der Waals surface area contributed by atoms with Crippen molar-refractivity contribution in [1.29, 1.82) is 0 Å². The molecule has 0 aromatic heterocycles. The van der Waals surface area contributed by atoms with Gasteiger partial charge in [-0.25, -0.2) is 4.79 Å². The summed E-state index contributed by atoms with van der Waals surface area (Å²) in [7, 11) is 0. The molecule has 172 valence electrons. The van der Waals surface area contributed by atoms with Gasteiger partial charge in [0.25, 0.3) is 0 Å². The van der Waals surface area contributed by atoms with Crippen LogP contribution in [0, 0.1) is 12.8 Å². The third-order valence-corrected chi connectivity index (χ3v) is 7.20. The smallest absolute Gasteiger partial charge is 0.337 e. The lowest BCUT2D eigenvalue weighted by Gasteiger charge is -2.30. The van der Waals surface area contributed by atoms with Gasteiger partial charge in [-0.2, -0.15) is 0 Å². The second-order valence-electron chi connectivity index (χ2n) is 8.48. The van der Waals surface area contributed by atoms with E-state index in [0.717, 1.165) is 29.1 Å². The fraction of sp³-hybridized carbons (Fsp3) is 0.370. The summed E-state index contributed by atoms with van der Waals surface area (Å²) in [6.07, 6.45) is 1.74. The summed E-state index contributed by atoms with van der Waals surface area (Å²) < 4.78 is 10.9. The molecule has 2 aromatic carbocycles. The molecule has 0 bridgehead atoms. The highest BCUT2D eigenvalue weighted by atomic mass is 32.2. The molecule has 5 nitrogen and oxygen atoms in total. The van der Waals surface area contributed by atoms with Crippen LogP contribution in [0.15, 0.2) is 69.7 Å². The number of hydrogen-bond donors (Lipinski definition) is 0. The molecule has 2 heterocycles. The summed E-state index contributed by atoms with van der Waals surface area (Å²) in [4.78, 5) is 31.6. The van der Waals surface area contributed by atoms with Crippen molar-refractivity contribution in [2.24, 2.45) is 10.9 Å². The zero-order chi connectivity index (χ0) is 23.4. The van der Waals surface area contributed by atoms with E-state index in [1.807, 2.05) is 25.1 Å². The van der Waals surface area contributed by atoms with E-state index < -0.39 is 17.8 Å². The van der Waals surface area contributed by atoms with Crippen LogP contribution in [0.25, 0.3) is 0 Å². The number of carbonyl (C=O) groups is 2. The molecule has 2 atom stereocenters. The maximum absolute atomic E-state index is 13.2. The lowest BCUT2D eigenvalue weighted by molar-refractivity contribution is -0.146. The fourth-order valence-electron chi connectivity index (χ4n) is 4.26. The number of esters is 2. The highest BCUT2D eigenvalue weighted by Crippen LogP contribution is 2.45. The highest BCUT2D eigenvalue weighted by Gasteiger charge is 2.46. The standard InChI is InChI=1S/C27H29NO4S/c1-4-5-14-31-26(29)23-18(3)28-21-15-32-27(30)25(21)24(23)20-8-6-7-9-22(20)33-16-19-12-10-17(2)11-13-19/h6-13,23-24H,4-5,14-16H2,1-3H3. The Kier molecular flexibility index (Phi) is 7.33. The van der Waals surface area contributed by atoms with Crippen LogP contribution in [0.1, 0.15) is 49.3 Å². The van der Waals surface area contributed by atoms with Crippen molar-refractivity contribution in [2.45, 2.75) is 50.2 Å². The van der Waals surface area contributed by atoms with Crippen molar-refractivity contribution in [3.05, 3.63) is 76.5 Å². The number of benzene rings is 2. The largest absolute Gasteiger partial charge is 0.465 e. The number of aliphatic imine (C=N–C) groups is 1. The average Bonchev–Trinajstić information content (AvgIpc) is 3.18. The number of nitrogens with zero attached hydrogens (tertiary/aromatic N) is 1. The summed E-state index contributed by atoms with van der Waals surface area (Å²) in [5, 5.41) is 0. The van der Waals surface area contributed by atoms with Gasteiger partial charge in [-0.1, -0.05) is 61.4 Å². The SMILES string of the molecule is CCCCOC(=O)C1C(C)=NC2=C(C(=O)OC2)C1c1ccccc1SCc1ccc(C)cc1. The molecule has 0 amide bonds. The Labute approximate surface area is 199 Å². The molecule has 33 heavy (non-hydrogen) atoms. The number of rotatable bonds is 8. The maximum Gasteiger partial charge on any atom is 0.337 e. The molecular formula is C27H29NO4S. The van der Waals surface area contributed by atoms with Crippen molar-refractivity contribution in [3.63, 3.8) is 0 Å². The Morgan fingerprint density at radius 1 is 1.15 bits per heavy atom. The number of carbonyl (C=O) groups excluding carboxylic acids is 2. The quantitative estimate of drug-likeness (QED) is 0.289. The molecule has 0 radical (unpaired) electrons. The van der Waals surface area contributed by atoms with Crippen LogP contribution in [0.4, 0.5) is 0 Å². The second kappa shape index (κ2) is 10.4. The van der Waals surface area contributed by atoms with Gasteiger partial charge in [-0.3, -0.25) is 9.79 Å².